The van der Waals surface area contributed by atoms with E-state index in [-0.39, 0.29) is 0 Å². The van der Waals surface area contributed by atoms with Gasteiger partial charge in [-0.15, -0.1) is 10.0 Å². The minimum Gasteiger partial charge on any atom is -0.249 e. The molecule has 0 aromatic heterocycles. The summed E-state index contributed by atoms with van der Waals surface area (Å²) < 4.78 is 34.3. The van der Waals surface area contributed by atoms with Gasteiger partial charge in [0.1, 0.15) is 18.9 Å². The lowest BCUT2D eigenvalue weighted by molar-refractivity contribution is 0.120. The summed E-state index contributed by atoms with van der Waals surface area (Å²) in [6, 6.07) is 0. The molecule has 0 bridgehead atoms. The average molecular weight is 127 g/mol. The molecular formula is C4H8F3N. The minimum absolute atomic E-state index is 1.03. The van der Waals surface area contributed by atoms with Gasteiger partial charge in [-0.2, -0.15) is 0 Å². The second kappa shape index (κ2) is 2.91. The molecule has 0 saturated heterocycles. The monoisotopic (exact) mass is 127 g/mol. The summed E-state index contributed by atoms with van der Waals surface area (Å²) in [6.45, 7) is -0.965. The van der Waals surface area contributed by atoms with Crippen LogP contribution in [-0.4, -0.2) is 18.9 Å². The Balaban J connectivity index is 3.58. The van der Waals surface area contributed by atoms with Crippen molar-refractivity contribution in [1.82, 2.24) is 5.54 Å². The predicted molar refractivity (Wildman–Crippen MR) is 24.6 cm³/mol. The standard InChI is InChI=1S/C4H8F3N/c1-4(2-5,3-6)8-7/h8H,2-3H2,1H3. The van der Waals surface area contributed by atoms with Crippen molar-refractivity contribution < 1.29 is 13.3 Å². The summed E-state index contributed by atoms with van der Waals surface area (Å²) in [6.07, 6.45) is 0. The van der Waals surface area contributed by atoms with Gasteiger partial charge in [-0.3, -0.25) is 0 Å². The molecule has 0 aliphatic heterocycles. The summed E-state index contributed by atoms with van der Waals surface area (Å²) in [5.74, 6) is 0. The van der Waals surface area contributed by atoms with Gasteiger partial charge in [0.25, 0.3) is 0 Å². The van der Waals surface area contributed by atoms with Crippen molar-refractivity contribution in [3.05, 3.63) is 0 Å². The number of hydrogen-bond donors (Lipinski definition) is 1. The SMILES string of the molecule is CC(CF)(CF)NF. The maximum Gasteiger partial charge on any atom is 0.112 e. The van der Waals surface area contributed by atoms with E-state index in [1.54, 1.807) is 0 Å². The van der Waals surface area contributed by atoms with Crippen molar-refractivity contribution in [2.45, 2.75) is 12.5 Å². The Bertz CT molecular complexity index is 54.0. The molecule has 8 heavy (non-hydrogen) atoms. The lowest BCUT2D eigenvalue weighted by Crippen LogP contribution is -2.41. The molecule has 0 aliphatic carbocycles. The second-order valence-corrected chi connectivity index (χ2v) is 1.92. The predicted octanol–water partition coefficient (Wildman–Crippen LogP) is 1.16. The summed E-state index contributed by atoms with van der Waals surface area (Å²) >= 11 is 0. The van der Waals surface area contributed by atoms with E-state index in [4.69, 9.17) is 0 Å². The fraction of sp³-hybridized carbons (Fsp3) is 1.00. The zero-order valence-corrected chi connectivity index (χ0v) is 4.55. The second-order valence-electron chi connectivity index (χ2n) is 1.92. The van der Waals surface area contributed by atoms with Crippen molar-refractivity contribution in [2.24, 2.45) is 0 Å². The van der Waals surface area contributed by atoms with Crippen LogP contribution in [0.15, 0.2) is 0 Å². The molecule has 50 valence electrons. The molecule has 0 saturated carbocycles. The number of alkyl halides is 2. The normalized spacial score (nSPS) is 12.0. The van der Waals surface area contributed by atoms with E-state index < -0.39 is 18.9 Å². The molecule has 0 aromatic carbocycles. The zero-order chi connectivity index (χ0) is 6.62. The highest BCUT2D eigenvalue weighted by Crippen LogP contribution is 2.04. The van der Waals surface area contributed by atoms with E-state index in [1.165, 1.54) is 0 Å². The summed E-state index contributed by atoms with van der Waals surface area (Å²) in [7, 11) is 0. The van der Waals surface area contributed by atoms with Gasteiger partial charge < -0.3 is 0 Å². The molecule has 1 nitrogen and oxygen atoms in total. The van der Waals surface area contributed by atoms with Crippen LogP contribution in [0.3, 0.4) is 0 Å². The van der Waals surface area contributed by atoms with Crippen LogP contribution in [0.25, 0.3) is 0 Å². The van der Waals surface area contributed by atoms with Crippen LogP contribution in [0, 0.1) is 0 Å². The summed E-state index contributed by atoms with van der Waals surface area (Å²) in [5.41, 5.74) is -0.597. The maximum atomic E-state index is 11.5. The van der Waals surface area contributed by atoms with Gasteiger partial charge in [-0.05, 0) is 6.92 Å². The molecular weight excluding hydrogens is 119 g/mol. The third-order valence-corrected chi connectivity index (χ3v) is 0.818. The van der Waals surface area contributed by atoms with E-state index >= 15 is 0 Å². The first-order valence-electron chi connectivity index (χ1n) is 2.18. The molecule has 0 aliphatic rings. The van der Waals surface area contributed by atoms with Crippen molar-refractivity contribution in [1.29, 1.82) is 0 Å². The highest BCUT2D eigenvalue weighted by molar-refractivity contribution is 4.76. The Kier molecular flexibility index (Phi) is 2.82. The van der Waals surface area contributed by atoms with Crippen molar-refractivity contribution in [2.75, 3.05) is 13.3 Å². The van der Waals surface area contributed by atoms with Crippen LogP contribution in [0.1, 0.15) is 6.92 Å². The number of halogens is 3. The highest BCUT2D eigenvalue weighted by Gasteiger charge is 2.23. The topological polar surface area (TPSA) is 12.0 Å². The Morgan fingerprint density at radius 2 is 1.75 bits per heavy atom. The van der Waals surface area contributed by atoms with E-state index in [0.29, 0.717) is 0 Å². The van der Waals surface area contributed by atoms with Gasteiger partial charge in [0, 0.05) is 0 Å². The fourth-order valence-electron chi connectivity index (χ4n) is 0.0862. The van der Waals surface area contributed by atoms with E-state index in [9.17, 15) is 13.3 Å². The molecule has 0 aromatic rings. The van der Waals surface area contributed by atoms with Gasteiger partial charge in [0.05, 0.1) is 0 Å². The van der Waals surface area contributed by atoms with Gasteiger partial charge >= 0.3 is 0 Å². The van der Waals surface area contributed by atoms with E-state index in [1.807, 2.05) is 0 Å². The molecule has 1 N–H and O–H groups in total. The zero-order valence-electron chi connectivity index (χ0n) is 4.55. The van der Waals surface area contributed by atoms with Gasteiger partial charge in [0.2, 0.25) is 0 Å². The molecule has 0 amide bonds. The van der Waals surface area contributed by atoms with Gasteiger partial charge in [-0.25, -0.2) is 8.78 Å². The summed E-state index contributed by atoms with van der Waals surface area (Å²) in [5, 5.41) is 0. The van der Waals surface area contributed by atoms with Crippen LogP contribution >= 0.6 is 0 Å². The first-order chi connectivity index (χ1) is 3.68. The van der Waals surface area contributed by atoms with Crippen LogP contribution in [0.5, 0.6) is 0 Å². The summed E-state index contributed by atoms with van der Waals surface area (Å²) in [4.78, 5) is 0. The Hall–Kier alpha value is -0.250. The van der Waals surface area contributed by atoms with Gasteiger partial charge in [0.15, 0.2) is 0 Å². The first kappa shape index (κ1) is 7.75. The molecule has 4 heteroatoms. The number of nitrogens with one attached hydrogen (secondary N) is 1. The van der Waals surface area contributed by atoms with Crippen molar-refractivity contribution >= 4 is 0 Å². The number of hydrogen-bond acceptors (Lipinski definition) is 1. The molecule has 0 fully saturated rings. The molecule has 0 radical (unpaired) electrons. The van der Waals surface area contributed by atoms with Gasteiger partial charge in [-0.1, -0.05) is 0 Å². The largest absolute Gasteiger partial charge is 0.249 e. The smallest absolute Gasteiger partial charge is 0.112 e. The number of rotatable bonds is 3. The van der Waals surface area contributed by atoms with Crippen LogP contribution in [0.2, 0.25) is 0 Å². The Morgan fingerprint density at radius 3 is 1.75 bits per heavy atom. The Morgan fingerprint density at radius 1 is 1.38 bits per heavy atom. The van der Waals surface area contributed by atoms with E-state index in [2.05, 4.69) is 0 Å². The third kappa shape index (κ3) is 1.69. The van der Waals surface area contributed by atoms with Crippen LogP contribution in [0.4, 0.5) is 13.3 Å². The maximum absolute atomic E-state index is 11.5. The molecule has 0 rings (SSSR count). The molecule has 0 unspecified atom stereocenters. The Labute approximate surface area is 45.8 Å². The first-order valence-corrected chi connectivity index (χ1v) is 2.18. The quantitative estimate of drug-likeness (QED) is 0.561. The van der Waals surface area contributed by atoms with Crippen LogP contribution in [-0.2, 0) is 0 Å². The highest BCUT2D eigenvalue weighted by atomic mass is 19.2. The fourth-order valence-corrected chi connectivity index (χ4v) is 0.0862. The average Bonchev–Trinajstić information content (AvgIpc) is 1.87. The van der Waals surface area contributed by atoms with Crippen LogP contribution < -0.4 is 5.54 Å². The van der Waals surface area contributed by atoms with Crippen molar-refractivity contribution in [3.63, 3.8) is 0 Å². The minimum atomic E-state index is -1.62. The molecule has 0 spiro atoms. The molecule has 0 atom stereocenters. The lowest BCUT2D eigenvalue weighted by atomic mass is 10.1. The molecule has 0 heterocycles. The lowest BCUT2D eigenvalue weighted by Gasteiger charge is -2.16. The van der Waals surface area contributed by atoms with E-state index in [0.717, 1.165) is 12.5 Å². The van der Waals surface area contributed by atoms with Crippen molar-refractivity contribution in [3.8, 4) is 0 Å². The third-order valence-electron chi connectivity index (χ3n) is 0.818.